The maximum absolute atomic E-state index is 12.8. The summed E-state index contributed by atoms with van der Waals surface area (Å²) in [7, 11) is 1.36. The summed E-state index contributed by atoms with van der Waals surface area (Å²) in [6.07, 6.45) is 0.673. The summed E-state index contributed by atoms with van der Waals surface area (Å²) in [5.74, 6) is 0.493. The van der Waals surface area contributed by atoms with E-state index in [1.54, 1.807) is 19.9 Å². The summed E-state index contributed by atoms with van der Waals surface area (Å²) in [5, 5.41) is 7.04. The van der Waals surface area contributed by atoms with E-state index >= 15 is 0 Å². The van der Waals surface area contributed by atoms with Crippen molar-refractivity contribution in [1.29, 1.82) is 0 Å². The highest BCUT2D eigenvalue weighted by atomic mass is 32.1. The number of thiophene rings is 1. The predicted octanol–water partition coefficient (Wildman–Crippen LogP) is 4.16. The highest BCUT2D eigenvalue weighted by Crippen LogP contribution is 2.45. The number of nitrogens with one attached hydrogen (secondary N) is 2. The Morgan fingerprint density at radius 3 is 2.48 bits per heavy atom. The third-order valence-electron chi connectivity index (χ3n) is 4.75. The first-order valence-electron chi connectivity index (χ1n) is 8.87. The number of anilines is 1. The van der Waals surface area contributed by atoms with E-state index in [9.17, 15) is 9.59 Å². The van der Waals surface area contributed by atoms with Crippen LogP contribution in [-0.4, -0.2) is 24.5 Å². The van der Waals surface area contributed by atoms with Crippen molar-refractivity contribution in [1.82, 2.24) is 5.32 Å². The number of furan rings is 1. The average Bonchev–Trinajstić information content (AvgIpc) is 3.05. The molecule has 0 aliphatic carbocycles. The average molecular weight is 391 g/mol. The number of carbonyl (C=O) groups excluding carboxylic acids is 2. The molecule has 27 heavy (non-hydrogen) atoms. The molecule has 2 aromatic heterocycles. The number of methoxy groups -OCH3 is 1. The van der Waals surface area contributed by atoms with E-state index in [-0.39, 0.29) is 17.0 Å². The molecule has 0 unspecified atom stereocenters. The molecule has 3 heterocycles. The Morgan fingerprint density at radius 2 is 1.93 bits per heavy atom. The lowest BCUT2D eigenvalue weighted by Crippen LogP contribution is -2.55. The Kier molecular flexibility index (Phi) is 4.72. The van der Waals surface area contributed by atoms with Gasteiger partial charge in [0.1, 0.15) is 16.5 Å². The van der Waals surface area contributed by atoms with Crippen LogP contribution in [0.3, 0.4) is 0 Å². The van der Waals surface area contributed by atoms with Crippen LogP contribution in [0.5, 0.6) is 0 Å². The molecule has 1 aliphatic rings. The fourth-order valence-corrected chi connectivity index (χ4v) is 5.22. The maximum Gasteiger partial charge on any atom is 0.341 e. The number of amides is 1. The second-order valence-electron chi connectivity index (χ2n) is 8.20. The number of esters is 1. The molecule has 2 N–H and O–H groups in total. The highest BCUT2D eigenvalue weighted by Gasteiger charge is 2.42. The molecule has 0 radical (unpaired) electrons. The Morgan fingerprint density at radius 1 is 1.26 bits per heavy atom. The van der Waals surface area contributed by atoms with E-state index in [2.05, 4.69) is 38.3 Å². The maximum atomic E-state index is 12.8. The zero-order valence-corrected chi connectivity index (χ0v) is 17.6. The van der Waals surface area contributed by atoms with Crippen LogP contribution >= 0.6 is 11.3 Å². The minimum atomic E-state index is -0.434. The van der Waals surface area contributed by atoms with Gasteiger partial charge in [-0.15, -0.1) is 11.3 Å². The molecule has 7 heteroatoms. The molecule has 0 atom stereocenters. The third kappa shape index (κ3) is 3.53. The summed E-state index contributed by atoms with van der Waals surface area (Å²) in [6, 6.07) is 1.70. The number of ether oxygens (including phenoxy) is 1. The van der Waals surface area contributed by atoms with Gasteiger partial charge in [0.05, 0.1) is 18.2 Å². The Bertz CT molecular complexity index is 921. The topological polar surface area (TPSA) is 80.6 Å². The van der Waals surface area contributed by atoms with E-state index in [1.807, 2.05) is 0 Å². The Hall–Kier alpha value is -2.12. The minimum absolute atomic E-state index is 0.181. The van der Waals surface area contributed by atoms with Gasteiger partial charge >= 0.3 is 5.97 Å². The van der Waals surface area contributed by atoms with E-state index in [0.717, 1.165) is 10.4 Å². The van der Waals surface area contributed by atoms with Crippen LogP contribution in [-0.2, 0) is 16.7 Å². The first-order chi connectivity index (χ1) is 12.4. The van der Waals surface area contributed by atoms with Gasteiger partial charge in [-0.3, -0.25) is 4.79 Å². The molecular weight excluding hydrogens is 364 g/mol. The zero-order valence-electron chi connectivity index (χ0n) is 16.8. The van der Waals surface area contributed by atoms with Crippen LogP contribution in [0.2, 0.25) is 0 Å². The quantitative estimate of drug-likeness (QED) is 0.770. The van der Waals surface area contributed by atoms with Gasteiger partial charge in [-0.25, -0.2) is 4.79 Å². The molecule has 0 fully saturated rings. The van der Waals surface area contributed by atoms with Crippen LogP contribution < -0.4 is 10.6 Å². The predicted molar refractivity (Wildman–Crippen MR) is 106 cm³/mol. The molecule has 0 saturated heterocycles. The lowest BCUT2D eigenvalue weighted by molar-refractivity contribution is 0.0600. The van der Waals surface area contributed by atoms with Crippen LogP contribution in [0.25, 0.3) is 0 Å². The summed E-state index contributed by atoms with van der Waals surface area (Å²) in [6.45, 7) is 11.9. The number of hydrogen-bond donors (Lipinski definition) is 2. The van der Waals surface area contributed by atoms with Gasteiger partial charge in [0.15, 0.2) is 0 Å². The molecule has 1 amide bonds. The SMILES string of the molecule is COC(=O)c1c(NC(=O)c2cc(C)oc2C)sc2c1CC(C)(C)NC2(C)C. The lowest BCUT2D eigenvalue weighted by atomic mass is 9.81. The van der Waals surface area contributed by atoms with Crippen molar-refractivity contribution < 1.29 is 18.7 Å². The fourth-order valence-electron chi connectivity index (χ4n) is 3.96. The van der Waals surface area contributed by atoms with Crippen molar-refractivity contribution in [2.45, 2.75) is 59.0 Å². The molecule has 1 aliphatic heterocycles. The zero-order chi connectivity index (χ0) is 20.1. The van der Waals surface area contributed by atoms with Gasteiger partial charge in [0.25, 0.3) is 5.91 Å². The van der Waals surface area contributed by atoms with Crippen molar-refractivity contribution in [3.63, 3.8) is 0 Å². The Labute approximate surface area is 163 Å². The summed E-state index contributed by atoms with van der Waals surface area (Å²) >= 11 is 1.42. The highest BCUT2D eigenvalue weighted by molar-refractivity contribution is 7.17. The third-order valence-corrected chi connectivity index (χ3v) is 6.22. The van der Waals surface area contributed by atoms with Crippen molar-refractivity contribution in [3.8, 4) is 0 Å². The van der Waals surface area contributed by atoms with Gasteiger partial charge in [-0.05, 0) is 59.6 Å². The minimum Gasteiger partial charge on any atom is -0.466 e. The number of fused-ring (bicyclic) bond motifs is 1. The van der Waals surface area contributed by atoms with Gasteiger partial charge < -0.3 is 19.8 Å². The summed E-state index contributed by atoms with van der Waals surface area (Å²) < 4.78 is 10.5. The largest absolute Gasteiger partial charge is 0.466 e. The first kappa shape index (κ1) is 19.6. The van der Waals surface area contributed by atoms with Gasteiger partial charge in [-0.2, -0.15) is 0 Å². The van der Waals surface area contributed by atoms with Crippen molar-refractivity contribution in [2.75, 3.05) is 12.4 Å². The summed E-state index contributed by atoms with van der Waals surface area (Å²) in [5.41, 5.74) is 1.35. The number of aryl methyl sites for hydroxylation is 2. The van der Waals surface area contributed by atoms with Crippen LogP contribution in [0.15, 0.2) is 10.5 Å². The molecule has 0 bridgehead atoms. The molecule has 146 valence electrons. The van der Waals surface area contributed by atoms with E-state index in [0.29, 0.717) is 34.1 Å². The van der Waals surface area contributed by atoms with Crippen LogP contribution in [0, 0.1) is 13.8 Å². The molecule has 3 rings (SSSR count). The van der Waals surface area contributed by atoms with Gasteiger partial charge in [-0.1, -0.05) is 0 Å². The fraction of sp³-hybridized carbons (Fsp3) is 0.500. The van der Waals surface area contributed by atoms with Crippen molar-refractivity contribution in [3.05, 3.63) is 39.2 Å². The van der Waals surface area contributed by atoms with Gasteiger partial charge in [0, 0.05) is 16.0 Å². The van der Waals surface area contributed by atoms with E-state index in [4.69, 9.17) is 9.15 Å². The Balaban J connectivity index is 2.08. The summed E-state index contributed by atoms with van der Waals surface area (Å²) in [4.78, 5) is 26.4. The number of carbonyl (C=O) groups is 2. The molecule has 0 spiro atoms. The number of rotatable bonds is 3. The second kappa shape index (κ2) is 6.49. The van der Waals surface area contributed by atoms with Crippen LogP contribution in [0.1, 0.15) is 70.4 Å². The molecule has 0 aromatic carbocycles. The first-order valence-corrected chi connectivity index (χ1v) is 9.69. The standard InChI is InChI=1S/C20H26N2O4S/c1-10-8-12(11(2)26-10)16(23)21-17-14(18(24)25-7)13-9-19(3,4)22-20(5,6)15(13)27-17/h8,22H,9H2,1-7H3,(H,21,23). The van der Waals surface area contributed by atoms with Crippen molar-refractivity contribution >= 4 is 28.2 Å². The van der Waals surface area contributed by atoms with E-state index in [1.165, 1.54) is 18.4 Å². The molecular formula is C20H26N2O4S. The second-order valence-corrected chi connectivity index (χ2v) is 9.22. The molecule has 2 aromatic rings. The van der Waals surface area contributed by atoms with Crippen LogP contribution in [0.4, 0.5) is 5.00 Å². The van der Waals surface area contributed by atoms with Gasteiger partial charge in [0.2, 0.25) is 0 Å². The smallest absolute Gasteiger partial charge is 0.341 e. The molecule has 0 saturated carbocycles. The molecule has 6 nitrogen and oxygen atoms in total. The normalized spacial score (nSPS) is 17.3. The van der Waals surface area contributed by atoms with Crippen molar-refractivity contribution in [2.24, 2.45) is 0 Å². The number of hydrogen-bond acceptors (Lipinski definition) is 6. The van der Waals surface area contributed by atoms with E-state index < -0.39 is 5.97 Å². The monoisotopic (exact) mass is 390 g/mol. The lowest BCUT2D eigenvalue weighted by Gasteiger charge is -2.42.